The summed E-state index contributed by atoms with van der Waals surface area (Å²) in [5, 5.41) is 12.0. The van der Waals surface area contributed by atoms with E-state index in [1.165, 1.54) is 0 Å². The minimum atomic E-state index is -0.858. The fourth-order valence-electron chi connectivity index (χ4n) is 3.47. The number of ether oxygens (including phenoxy) is 1. The molecule has 1 unspecified atom stereocenters. The molecule has 2 saturated carbocycles. The van der Waals surface area contributed by atoms with Gasteiger partial charge in [0.2, 0.25) is 0 Å². The molecule has 0 spiro atoms. The van der Waals surface area contributed by atoms with Crippen LogP contribution in [0.25, 0.3) is 0 Å². The van der Waals surface area contributed by atoms with Crippen molar-refractivity contribution >= 4 is 12.1 Å². The molecular formula is C14H23NO4. The number of alkyl carbamates (subject to hydrolysis) is 1. The molecule has 19 heavy (non-hydrogen) atoms. The zero-order valence-electron chi connectivity index (χ0n) is 11.9. The monoisotopic (exact) mass is 269 g/mol. The molecule has 2 rings (SSSR count). The Morgan fingerprint density at radius 1 is 1.32 bits per heavy atom. The molecule has 1 amide bonds. The van der Waals surface area contributed by atoms with Crippen LogP contribution >= 0.6 is 0 Å². The Labute approximate surface area is 113 Å². The minimum absolute atomic E-state index is 0.00654. The van der Waals surface area contributed by atoms with E-state index in [1.807, 2.05) is 0 Å². The predicted octanol–water partition coefficient (Wildman–Crippen LogP) is 2.54. The number of carboxylic acid groups (broad SMARTS) is 1. The van der Waals surface area contributed by atoms with Crippen LogP contribution in [0.3, 0.4) is 0 Å². The zero-order chi connectivity index (χ0) is 14.3. The lowest BCUT2D eigenvalue weighted by Crippen LogP contribution is -2.56. The van der Waals surface area contributed by atoms with Crippen LogP contribution < -0.4 is 5.32 Å². The van der Waals surface area contributed by atoms with E-state index in [1.54, 1.807) is 20.8 Å². The van der Waals surface area contributed by atoms with Gasteiger partial charge in [0.15, 0.2) is 0 Å². The molecule has 0 saturated heterocycles. The van der Waals surface area contributed by atoms with E-state index >= 15 is 0 Å². The lowest BCUT2D eigenvalue weighted by Gasteiger charge is -2.43. The second-order valence-electron chi connectivity index (χ2n) is 6.84. The molecule has 3 atom stereocenters. The number of aliphatic carboxylic acids is 1. The standard InChI is InChI=1S/C14H23NO4/c1-13(2,3)19-12(18)15-14(8-11(16)17)7-6-9-4-5-10(9)14/h9-10H,4-8H2,1-3H3,(H,15,18)(H,16,17)/t9-,10-,14?/m0/s1. The number of hydrogen-bond acceptors (Lipinski definition) is 3. The summed E-state index contributed by atoms with van der Waals surface area (Å²) in [6, 6.07) is 0. The first-order valence-corrected chi connectivity index (χ1v) is 6.95. The molecule has 2 aliphatic rings. The summed E-state index contributed by atoms with van der Waals surface area (Å²) in [7, 11) is 0. The van der Waals surface area contributed by atoms with Gasteiger partial charge in [-0.15, -0.1) is 0 Å². The highest BCUT2D eigenvalue weighted by Crippen LogP contribution is 2.53. The first-order valence-electron chi connectivity index (χ1n) is 6.95. The van der Waals surface area contributed by atoms with Crippen molar-refractivity contribution in [3.63, 3.8) is 0 Å². The van der Waals surface area contributed by atoms with Crippen LogP contribution in [0.4, 0.5) is 4.79 Å². The van der Waals surface area contributed by atoms with Gasteiger partial charge >= 0.3 is 12.1 Å². The highest BCUT2D eigenvalue weighted by molar-refractivity contribution is 5.73. The highest BCUT2D eigenvalue weighted by atomic mass is 16.6. The smallest absolute Gasteiger partial charge is 0.408 e. The summed E-state index contributed by atoms with van der Waals surface area (Å²) < 4.78 is 5.27. The topological polar surface area (TPSA) is 75.6 Å². The van der Waals surface area contributed by atoms with Gasteiger partial charge in [0.1, 0.15) is 5.60 Å². The molecule has 0 bridgehead atoms. The van der Waals surface area contributed by atoms with Crippen molar-refractivity contribution < 1.29 is 19.4 Å². The molecule has 5 heteroatoms. The van der Waals surface area contributed by atoms with E-state index in [9.17, 15) is 9.59 Å². The molecule has 2 N–H and O–H groups in total. The fourth-order valence-corrected chi connectivity index (χ4v) is 3.47. The third kappa shape index (κ3) is 3.01. The SMILES string of the molecule is CC(C)(C)OC(=O)NC1(CC(=O)O)CC[C@@H]2CC[C@@H]21. The minimum Gasteiger partial charge on any atom is -0.481 e. The Morgan fingerprint density at radius 3 is 2.42 bits per heavy atom. The molecule has 0 aromatic heterocycles. The maximum Gasteiger partial charge on any atom is 0.408 e. The van der Waals surface area contributed by atoms with Crippen LogP contribution in [0, 0.1) is 11.8 Å². The Balaban J connectivity index is 2.07. The van der Waals surface area contributed by atoms with Crippen molar-refractivity contribution in [1.29, 1.82) is 0 Å². The fraction of sp³-hybridized carbons (Fsp3) is 0.857. The molecule has 0 heterocycles. The molecule has 0 aliphatic heterocycles. The van der Waals surface area contributed by atoms with Crippen molar-refractivity contribution in [2.75, 3.05) is 0 Å². The lowest BCUT2D eigenvalue weighted by molar-refractivity contribution is -0.139. The summed E-state index contributed by atoms with van der Waals surface area (Å²) >= 11 is 0. The first-order chi connectivity index (χ1) is 8.72. The Kier molecular flexibility index (Phi) is 3.49. The number of amides is 1. The van der Waals surface area contributed by atoms with Gasteiger partial charge in [-0.3, -0.25) is 4.79 Å². The van der Waals surface area contributed by atoms with Crippen molar-refractivity contribution in [2.24, 2.45) is 11.8 Å². The molecule has 0 aromatic rings. The summed E-state index contributed by atoms with van der Waals surface area (Å²) in [6.07, 6.45) is 3.41. The normalized spacial score (nSPS) is 33.2. The third-order valence-electron chi connectivity index (χ3n) is 4.31. The Bertz CT molecular complexity index is 387. The number of carboxylic acids is 1. The molecule has 2 aliphatic carbocycles. The number of fused-ring (bicyclic) bond motifs is 1. The Morgan fingerprint density at radius 2 is 2.00 bits per heavy atom. The van der Waals surface area contributed by atoms with Crippen molar-refractivity contribution in [2.45, 2.75) is 64.0 Å². The number of carbonyl (C=O) groups is 2. The highest BCUT2D eigenvalue weighted by Gasteiger charge is 2.54. The molecule has 108 valence electrons. The second-order valence-corrected chi connectivity index (χ2v) is 6.84. The predicted molar refractivity (Wildman–Crippen MR) is 69.8 cm³/mol. The third-order valence-corrected chi connectivity index (χ3v) is 4.31. The van der Waals surface area contributed by atoms with E-state index in [-0.39, 0.29) is 6.42 Å². The second kappa shape index (κ2) is 4.69. The van der Waals surface area contributed by atoms with Gasteiger partial charge in [0, 0.05) is 0 Å². The maximum atomic E-state index is 12.0. The van der Waals surface area contributed by atoms with Crippen LogP contribution in [0.5, 0.6) is 0 Å². The quantitative estimate of drug-likeness (QED) is 0.825. The maximum absolute atomic E-state index is 12.0. The number of rotatable bonds is 3. The molecule has 0 aromatic carbocycles. The van der Waals surface area contributed by atoms with Gasteiger partial charge in [0.05, 0.1) is 12.0 Å². The van der Waals surface area contributed by atoms with Crippen LogP contribution in [-0.4, -0.2) is 28.3 Å². The molecular weight excluding hydrogens is 246 g/mol. The van der Waals surface area contributed by atoms with Crippen LogP contribution in [0.15, 0.2) is 0 Å². The van der Waals surface area contributed by atoms with Crippen molar-refractivity contribution in [3.05, 3.63) is 0 Å². The van der Waals surface area contributed by atoms with Gasteiger partial charge in [-0.1, -0.05) is 0 Å². The summed E-state index contributed by atoms with van der Waals surface area (Å²) in [4.78, 5) is 23.1. The summed E-state index contributed by atoms with van der Waals surface area (Å²) in [6.45, 7) is 5.41. The average molecular weight is 269 g/mol. The Hall–Kier alpha value is -1.26. The first kappa shape index (κ1) is 14.2. The number of nitrogens with one attached hydrogen (secondary N) is 1. The van der Waals surface area contributed by atoms with E-state index < -0.39 is 23.2 Å². The summed E-state index contributed by atoms with van der Waals surface area (Å²) in [5.41, 5.74) is -1.16. The molecule has 0 radical (unpaired) electrons. The lowest BCUT2D eigenvalue weighted by atomic mass is 9.68. The van der Waals surface area contributed by atoms with Gasteiger partial charge in [-0.2, -0.15) is 0 Å². The van der Waals surface area contributed by atoms with Crippen LogP contribution in [0.1, 0.15) is 52.9 Å². The average Bonchev–Trinajstić information content (AvgIpc) is 2.30. The van der Waals surface area contributed by atoms with E-state index in [0.29, 0.717) is 11.8 Å². The summed E-state index contributed by atoms with van der Waals surface area (Å²) in [5.74, 6) is 0.0222. The van der Waals surface area contributed by atoms with Crippen LogP contribution in [0.2, 0.25) is 0 Å². The zero-order valence-corrected chi connectivity index (χ0v) is 11.9. The van der Waals surface area contributed by atoms with Crippen LogP contribution in [-0.2, 0) is 9.53 Å². The van der Waals surface area contributed by atoms with E-state index in [2.05, 4.69) is 5.32 Å². The molecule has 2 fully saturated rings. The van der Waals surface area contributed by atoms with Gasteiger partial charge in [-0.05, 0) is 58.3 Å². The number of hydrogen-bond donors (Lipinski definition) is 2. The van der Waals surface area contributed by atoms with Gasteiger partial charge in [0.25, 0.3) is 0 Å². The largest absolute Gasteiger partial charge is 0.481 e. The van der Waals surface area contributed by atoms with Crippen molar-refractivity contribution in [3.8, 4) is 0 Å². The van der Waals surface area contributed by atoms with Gasteiger partial charge in [-0.25, -0.2) is 4.79 Å². The van der Waals surface area contributed by atoms with E-state index in [0.717, 1.165) is 25.7 Å². The molecule has 5 nitrogen and oxygen atoms in total. The van der Waals surface area contributed by atoms with E-state index in [4.69, 9.17) is 9.84 Å². The van der Waals surface area contributed by atoms with Gasteiger partial charge < -0.3 is 15.2 Å². The number of carbonyl (C=O) groups excluding carboxylic acids is 1. The van der Waals surface area contributed by atoms with Crippen molar-refractivity contribution in [1.82, 2.24) is 5.32 Å².